The fourth-order valence-electron chi connectivity index (χ4n) is 1.58. The minimum atomic E-state index is -0.455. The Kier molecular flexibility index (Phi) is 3.48. The molecule has 0 saturated carbocycles. The Morgan fingerprint density at radius 2 is 2.33 bits per heavy atom. The minimum absolute atomic E-state index is 0. The van der Waals surface area contributed by atoms with Gasteiger partial charge in [0.25, 0.3) is 0 Å². The number of halogens is 1. The zero-order valence-electron chi connectivity index (χ0n) is 6.79. The van der Waals surface area contributed by atoms with E-state index in [-0.39, 0.29) is 18.6 Å². The second kappa shape index (κ2) is 4.02. The van der Waals surface area contributed by atoms with Crippen LogP contribution in [-0.4, -0.2) is 11.7 Å². The van der Waals surface area contributed by atoms with Crippen molar-refractivity contribution < 1.29 is 23.3 Å². The van der Waals surface area contributed by atoms with Crippen LogP contribution >= 0.6 is 11.6 Å². The first-order valence-electron chi connectivity index (χ1n) is 4.00. The normalized spacial score (nSPS) is 33.2. The van der Waals surface area contributed by atoms with E-state index in [1.165, 1.54) is 5.57 Å². The quantitative estimate of drug-likeness (QED) is 0.619. The number of alkyl halides is 1. The molecule has 2 rings (SSSR count). The second-order valence-electron chi connectivity index (χ2n) is 3.00. The van der Waals surface area contributed by atoms with Crippen molar-refractivity contribution in [3.05, 3.63) is 23.8 Å². The molecule has 1 atom stereocenters. The molecule has 12 heavy (non-hydrogen) atoms. The number of ether oxygens (including phenoxy) is 1. The van der Waals surface area contributed by atoms with Crippen molar-refractivity contribution in [3.8, 4) is 0 Å². The predicted molar refractivity (Wildman–Crippen MR) is 45.6 cm³/mol. The predicted octanol–water partition coefficient (Wildman–Crippen LogP) is 2.62. The maximum Gasteiger partial charge on any atom is 0.164 e. The topological polar surface area (TPSA) is 9.23 Å². The zero-order valence-corrected chi connectivity index (χ0v) is 8.95. The van der Waals surface area contributed by atoms with E-state index in [9.17, 15) is 0 Å². The summed E-state index contributed by atoms with van der Waals surface area (Å²) in [6, 6.07) is 0. The number of hydrogen-bond acceptors (Lipinski definition) is 1. The van der Waals surface area contributed by atoms with Gasteiger partial charge in [0, 0.05) is 25.2 Å². The average molecular weight is 222 g/mol. The largest absolute Gasteiger partial charge is 0.356 e. The molecule has 1 radical (unpaired) electrons. The fraction of sp³-hybridized carbons (Fsp3) is 0.556. The van der Waals surface area contributed by atoms with Crippen LogP contribution in [0.25, 0.3) is 0 Å². The minimum Gasteiger partial charge on any atom is -0.356 e. The molecule has 0 aromatic rings. The van der Waals surface area contributed by atoms with E-state index in [4.69, 9.17) is 16.3 Å². The van der Waals surface area contributed by atoms with E-state index in [0.29, 0.717) is 0 Å². The molecule has 0 bridgehead atoms. The van der Waals surface area contributed by atoms with Crippen molar-refractivity contribution in [1.82, 2.24) is 0 Å². The molecule has 1 saturated heterocycles. The van der Waals surface area contributed by atoms with Gasteiger partial charge in [-0.15, -0.1) is 0 Å². The Hall–Kier alpha value is 0.314. The van der Waals surface area contributed by atoms with Gasteiger partial charge in [0.05, 0.1) is 0 Å². The summed E-state index contributed by atoms with van der Waals surface area (Å²) in [5.74, 6) is 0. The Bertz CT molecular complexity index is 217. The van der Waals surface area contributed by atoms with Gasteiger partial charge in [-0.2, -0.15) is 0 Å². The van der Waals surface area contributed by atoms with Crippen LogP contribution in [0.5, 0.6) is 0 Å². The molecule has 2 aliphatic rings. The number of rotatable bonds is 1. The first-order chi connectivity index (χ1) is 5.31. The zero-order chi connectivity index (χ0) is 7.73. The standard InChI is InChI=1S/C9H11ClO.V/c10-9(6-3-7-11-9)8-4-1-2-5-8;/h1-2,4H,3,5-7H2;. The molecule has 1 fully saturated rings. The first-order valence-corrected chi connectivity index (χ1v) is 4.38. The number of hydrogen-bond donors (Lipinski definition) is 0. The van der Waals surface area contributed by atoms with Crippen LogP contribution in [0.2, 0.25) is 0 Å². The summed E-state index contributed by atoms with van der Waals surface area (Å²) < 4.78 is 5.48. The molecule has 1 heterocycles. The summed E-state index contributed by atoms with van der Waals surface area (Å²) in [5.41, 5.74) is 1.22. The summed E-state index contributed by atoms with van der Waals surface area (Å²) in [7, 11) is 0. The summed E-state index contributed by atoms with van der Waals surface area (Å²) in [6.45, 7) is 0.806. The molecule has 0 aromatic heterocycles. The Balaban J connectivity index is 0.000000720. The molecule has 1 unspecified atom stereocenters. The average Bonchev–Trinajstić information content (AvgIpc) is 2.55. The van der Waals surface area contributed by atoms with Crippen LogP contribution in [0, 0.1) is 0 Å². The molecule has 1 aliphatic heterocycles. The Labute approximate surface area is 89.7 Å². The van der Waals surface area contributed by atoms with Gasteiger partial charge >= 0.3 is 0 Å². The first kappa shape index (κ1) is 10.4. The molecule has 0 N–H and O–H groups in total. The third-order valence-corrected chi connectivity index (χ3v) is 2.77. The van der Waals surface area contributed by atoms with Gasteiger partial charge in [0.2, 0.25) is 0 Å². The van der Waals surface area contributed by atoms with Crippen LogP contribution in [0.15, 0.2) is 23.8 Å². The summed E-state index contributed by atoms with van der Waals surface area (Å²) in [5, 5.41) is -0.455. The van der Waals surface area contributed by atoms with E-state index in [0.717, 1.165) is 25.9 Å². The van der Waals surface area contributed by atoms with Gasteiger partial charge in [-0.1, -0.05) is 29.8 Å². The summed E-state index contributed by atoms with van der Waals surface area (Å²) in [4.78, 5) is 0. The molecule has 1 nitrogen and oxygen atoms in total. The van der Waals surface area contributed by atoms with Crippen LogP contribution in [0.1, 0.15) is 19.3 Å². The van der Waals surface area contributed by atoms with Gasteiger partial charge < -0.3 is 4.74 Å². The number of allylic oxidation sites excluding steroid dienone is 3. The fourth-order valence-corrected chi connectivity index (χ4v) is 1.93. The van der Waals surface area contributed by atoms with Gasteiger partial charge in [-0.05, 0) is 24.8 Å². The van der Waals surface area contributed by atoms with Crippen LogP contribution in [-0.2, 0) is 23.3 Å². The van der Waals surface area contributed by atoms with Crippen molar-refractivity contribution in [1.29, 1.82) is 0 Å². The molecular weight excluding hydrogens is 210 g/mol. The van der Waals surface area contributed by atoms with Crippen molar-refractivity contribution >= 4 is 11.6 Å². The SMILES string of the molecule is ClC1(C2=CC=CC2)CCCO1.[V]. The van der Waals surface area contributed by atoms with Gasteiger partial charge in [-0.25, -0.2) is 0 Å². The monoisotopic (exact) mass is 221 g/mol. The summed E-state index contributed by atoms with van der Waals surface area (Å²) in [6.07, 6.45) is 9.23. The molecule has 65 valence electrons. The van der Waals surface area contributed by atoms with Crippen molar-refractivity contribution in [2.75, 3.05) is 6.61 Å². The molecular formula is C9H11ClOV. The van der Waals surface area contributed by atoms with Gasteiger partial charge in [0.1, 0.15) is 0 Å². The van der Waals surface area contributed by atoms with E-state index >= 15 is 0 Å². The van der Waals surface area contributed by atoms with Crippen molar-refractivity contribution in [2.45, 2.75) is 24.3 Å². The van der Waals surface area contributed by atoms with Crippen LogP contribution in [0.3, 0.4) is 0 Å². The Morgan fingerprint density at radius 3 is 2.83 bits per heavy atom. The third kappa shape index (κ3) is 1.80. The summed E-state index contributed by atoms with van der Waals surface area (Å²) >= 11 is 6.25. The van der Waals surface area contributed by atoms with E-state index in [2.05, 4.69) is 12.2 Å². The second-order valence-corrected chi connectivity index (χ2v) is 3.62. The van der Waals surface area contributed by atoms with Crippen LogP contribution < -0.4 is 0 Å². The van der Waals surface area contributed by atoms with Crippen molar-refractivity contribution in [3.63, 3.8) is 0 Å². The Morgan fingerprint density at radius 1 is 1.50 bits per heavy atom. The molecule has 3 heteroatoms. The van der Waals surface area contributed by atoms with Gasteiger partial charge in [-0.3, -0.25) is 0 Å². The van der Waals surface area contributed by atoms with E-state index < -0.39 is 5.06 Å². The molecule has 0 amide bonds. The maximum atomic E-state index is 6.25. The smallest absolute Gasteiger partial charge is 0.164 e. The van der Waals surface area contributed by atoms with E-state index in [1.807, 2.05) is 6.08 Å². The van der Waals surface area contributed by atoms with Crippen molar-refractivity contribution in [2.24, 2.45) is 0 Å². The molecule has 0 aromatic carbocycles. The maximum absolute atomic E-state index is 6.25. The third-order valence-electron chi connectivity index (χ3n) is 2.22. The van der Waals surface area contributed by atoms with Crippen LogP contribution in [0.4, 0.5) is 0 Å². The molecule has 0 spiro atoms. The molecule has 1 aliphatic carbocycles. The van der Waals surface area contributed by atoms with Gasteiger partial charge in [0.15, 0.2) is 5.06 Å². The van der Waals surface area contributed by atoms with E-state index in [1.54, 1.807) is 0 Å².